The molecule has 0 aliphatic heterocycles. The van der Waals surface area contributed by atoms with Crippen LogP contribution in [0.3, 0.4) is 0 Å². The molecule has 0 radical (unpaired) electrons. The van der Waals surface area contributed by atoms with Crippen molar-refractivity contribution in [2.75, 3.05) is 0 Å². The van der Waals surface area contributed by atoms with Crippen molar-refractivity contribution < 1.29 is 4.74 Å². The lowest BCUT2D eigenvalue weighted by molar-refractivity contribution is 0.274. The van der Waals surface area contributed by atoms with Crippen molar-refractivity contribution in [3.63, 3.8) is 0 Å². The third kappa shape index (κ3) is 2.90. The maximum absolute atomic E-state index is 8.72. The van der Waals surface area contributed by atoms with Gasteiger partial charge < -0.3 is 4.74 Å². The van der Waals surface area contributed by atoms with Gasteiger partial charge in [0.1, 0.15) is 11.8 Å². The Morgan fingerprint density at radius 3 is 2.44 bits per heavy atom. The molecule has 0 aromatic heterocycles. The third-order valence-corrected chi connectivity index (χ3v) is 2.73. The molecular weight excluding hydrogens is 222 g/mol. The average Bonchev–Trinajstić information content (AvgIpc) is 2.21. The van der Waals surface area contributed by atoms with Crippen molar-refractivity contribution in [2.45, 2.75) is 39.7 Å². The van der Waals surface area contributed by atoms with Crippen LogP contribution in [0.15, 0.2) is 12.1 Å². The van der Waals surface area contributed by atoms with Crippen molar-refractivity contribution in [3.8, 4) is 11.8 Å². The van der Waals surface area contributed by atoms with Crippen molar-refractivity contribution in [1.29, 1.82) is 5.26 Å². The summed E-state index contributed by atoms with van der Waals surface area (Å²) in [5.74, 6) is 1.08. The molecule has 0 spiro atoms. The van der Waals surface area contributed by atoms with Crippen LogP contribution in [-0.2, 0) is 0 Å². The van der Waals surface area contributed by atoms with E-state index in [1.54, 1.807) is 6.92 Å². The fourth-order valence-electron chi connectivity index (χ4n) is 1.45. The predicted octanol–water partition coefficient (Wildman–Crippen LogP) is 4.06. The molecule has 0 saturated carbocycles. The number of hydrogen-bond donors (Lipinski definition) is 0. The van der Waals surface area contributed by atoms with Crippen molar-refractivity contribution >= 4 is 11.6 Å². The Morgan fingerprint density at radius 2 is 1.94 bits per heavy atom. The summed E-state index contributed by atoms with van der Waals surface area (Å²) in [6, 6.07) is 5.86. The Bertz CT molecular complexity index is 421. The molecule has 86 valence electrons. The van der Waals surface area contributed by atoms with E-state index in [-0.39, 0.29) is 0 Å². The van der Waals surface area contributed by atoms with Crippen LogP contribution in [-0.4, -0.2) is 6.10 Å². The SMILES string of the molecule is Cc1cc(Cl)c(C(C)C)cc1OC(C)C#N. The molecule has 0 aliphatic rings. The Labute approximate surface area is 102 Å². The van der Waals surface area contributed by atoms with E-state index in [1.807, 2.05) is 25.1 Å². The Balaban J connectivity index is 3.11. The molecule has 0 N–H and O–H groups in total. The van der Waals surface area contributed by atoms with Gasteiger partial charge in [0.05, 0.1) is 0 Å². The van der Waals surface area contributed by atoms with Gasteiger partial charge in [0.15, 0.2) is 6.10 Å². The summed E-state index contributed by atoms with van der Waals surface area (Å²) in [6.07, 6.45) is -0.445. The lowest BCUT2D eigenvalue weighted by Gasteiger charge is -2.15. The average molecular weight is 238 g/mol. The minimum absolute atomic E-state index is 0.341. The van der Waals surface area contributed by atoms with Crippen molar-refractivity contribution in [3.05, 3.63) is 28.3 Å². The summed E-state index contributed by atoms with van der Waals surface area (Å²) < 4.78 is 5.52. The zero-order valence-electron chi connectivity index (χ0n) is 10.0. The maximum atomic E-state index is 8.72. The number of rotatable bonds is 3. The summed E-state index contributed by atoms with van der Waals surface area (Å²) in [5.41, 5.74) is 2.00. The van der Waals surface area contributed by atoms with Gasteiger partial charge in [-0.05, 0) is 43.0 Å². The van der Waals surface area contributed by atoms with Gasteiger partial charge in [0, 0.05) is 5.02 Å². The van der Waals surface area contributed by atoms with E-state index in [0.717, 1.165) is 21.9 Å². The zero-order chi connectivity index (χ0) is 12.3. The number of aryl methyl sites for hydroxylation is 1. The highest BCUT2D eigenvalue weighted by atomic mass is 35.5. The van der Waals surface area contributed by atoms with Gasteiger partial charge in [-0.3, -0.25) is 0 Å². The molecule has 1 rings (SSSR count). The standard InChI is InChI=1S/C13H16ClNO/c1-8(2)11-6-13(16-10(4)7-15)9(3)5-12(11)14/h5-6,8,10H,1-4H3. The first-order valence-electron chi connectivity index (χ1n) is 5.32. The molecule has 0 amide bonds. The van der Waals surface area contributed by atoms with Crippen LogP contribution in [0.4, 0.5) is 0 Å². The summed E-state index contributed by atoms with van der Waals surface area (Å²) in [5, 5.41) is 9.47. The topological polar surface area (TPSA) is 33.0 Å². The number of halogens is 1. The van der Waals surface area contributed by atoms with Crippen LogP contribution >= 0.6 is 11.6 Å². The second-order valence-corrected chi connectivity index (χ2v) is 4.59. The van der Waals surface area contributed by atoms with Crippen LogP contribution in [0.1, 0.15) is 37.8 Å². The number of benzene rings is 1. The highest BCUT2D eigenvalue weighted by Crippen LogP contribution is 2.31. The molecule has 1 unspecified atom stereocenters. The minimum Gasteiger partial charge on any atom is -0.476 e. The van der Waals surface area contributed by atoms with Gasteiger partial charge >= 0.3 is 0 Å². The highest BCUT2D eigenvalue weighted by molar-refractivity contribution is 6.31. The van der Waals surface area contributed by atoms with Crippen LogP contribution in [0.5, 0.6) is 5.75 Å². The first-order valence-corrected chi connectivity index (χ1v) is 5.69. The first kappa shape index (κ1) is 12.9. The smallest absolute Gasteiger partial charge is 0.181 e. The Morgan fingerprint density at radius 1 is 1.31 bits per heavy atom. The molecule has 0 aliphatic carbocycles. The van der Waals surface area contributed by atoms with Gasteiger partial charge in [0.25, 0.3) is 0 Å². The minimum atomic E-state index is -0.445. The molecule has 1 aromatic carbocycles. The molecule has 1 atom stereocenters. The number of nitriles is 1. The van der Waals surface area contributed by atoms with E-state index in [2.05, 4.69) is 13.8 Å². The van der Waals surface area contributed by atoms with Crippen LogP contribution < -0.4 is 4.74 Å². The van der Waals surface area contributed by atoms with Crippen LogP contribution in [0.2, 0.25) is 5.02 Å². The number of hydrogen-bond acceptors (Lipinski definition) is 2. The highest BCUT2D eigenvalue weighted by Gasteiger charge is 2.11. The summed E-state index contributed by atoms with van der Waals surface area (Å²) in [7, 11) is 0. The second kappa shape index (κ2) is 5.23. The van der Waals surface area contributed by atoms with Crippen molar-refractivity contribution in [2.24, 2.45) is 0 Å². The molecule has 0 bridgehead atoms. The van der Waals surface area contributed by atoms with E-state index in [4.69, 9.17) is 21.6 Å². The molecule has 0 heterocycles. The molecule has 0 saturated heterocycles. The zero-order valence-corrected chi connectivity index (χ0v) is 10.8. The van der Waals surface area contributed by atoms with E-state index in [0.29, 0.717) is 5.92 Å². The largest absolute Gasteiger partial charge is 0.476 e. The van der Waals surface area contributed by atoms with Crippen molar-refractivity contribution in [1.82, 2.24) is 0 Å². The van der Waals surface area contributed by atoms with E-state index >= 15 is 0 Å². The van der Waals surface area contributed by atoms with E-state index in [9.17, 15) is 0 Å². The van der Waals surface area contributed by atoms with Gasteiger partial charge in [-0.2, -0.15) is 5.26 Å². The summed E-state index contributed by atoms with van der Waals surface area (Å²) >= 11 is 6.15. The van der Waals surface area contributed by atoms with E-state index in [1.165, 1.54) is 0 Å². The van der Waals surface area contributed by atoms with Gasteiger partial charge in [-0.15, -0.1) is 0 Å². The monoisotopic (exact) mass is 237 g/mol. The quantitative estimate of drug-likeness (QED) is 0.794. The first-order chi connectivity index (χ1) is 7.45. The second-order valence-electron chi connectivity index (χ2n) is 4.18. The maximum Gasteiger partial charge on any atom is 0.181 e. The fraction of sp³-hybridized carbons (Fsp3) is 0.462. The summed E-state index contributed by atoms with van der Waals surface area (Å²) in [6.45, 7) is 7.81. The van der Waals surface area contributed by atoms with Gasteiger partial charge in [-0.25, -0.2) is 0 Å². The molecule has 2 nitrogen and oxygen atoms in total. The number of ether oxygens (including phenoxy) is 1. The molecule has 1 aromatic rings. The normalized spacial score (nSPS) is 12.3. The predicted molar refractivity (Wildman–Crippen MR) is 66.0 cm³/mol. The fourth-order valence-corrected chi connectivity index (χ4v) is 1.89. The third-order valence-electron chi connectivity index (χ3n) is 2.40. The number of nitrogens with zero attached hydrogens (tertiary/aromatic N) is 1. The van der Waals surface area contributed by atoms with E-state index < -0.39 is 6.10 Å². The Kier molecular flexibility index (Phi) is 4.20. The Hall–Kier alpha value is -1.20. The molecule has 3 heteroatoms. The lowest BCUT2D eigenvalue weighted by atomic mass is 10.0. The molecule has 16 heavy (non-hydrogen) atoms. The van der Waals surface area contributed by atoms with Crippen LogP contribution in [0.25, 0.3) is 0 Å². The molecule has 0 fully saturated rings. The van der Waals surface area contributed by atoms with Gasteiger partial charge in [-0.1, -0.05) is 25.4 Å². The van der Waals surface area contributed by atoms with Crippen LogP contribution in [0, 0.1) is 18.3 Å². The summed E-state index contributed by atoms with van der Waals surface area (Å²) in [4.78, 5) is 0. The van der Waals surface area contributed by atoms with Gasteiger partial charge in [0.2, 0.25) is 0 Å². The lowest BCUT2D eigenvalue weighted by Crippen LogP contribution is -2.09. The molecular formula is C13H16ClNO.